The third-order valence-electron chi connectivity index (χ3n) is 7.38. The molecule has 0 aromatic heterocycles. The van der Waals surface area contributed by atoms with E-state index in [2.05, 4.69) is 22.9 Å². The molecule has 2 aliphatic heterocycles. The molecule has 0 bridgehead atoms. The van der Waals surface area contributed by atoms with Gasteiger partial charge in [0.15, 0.2) is 0 Å². The quantitative estimate of drug-likeness (QED) is 0.162. The molecule has 0 aromatic carbocycles. The van der Waals surface area contributed by atoms with Gasteiger partial charge in [0.25, 0.3) is 0 Å². The van der Waals surface area contributed by atoms with Gasteiger partial charge in [-0.25, -0.2) is 0 Å². The summed E-state index contributed by atoms with van der Waals surface area (Å²) in [5, 5.41) is 8.65. The summed E-state index contributed by atoms with van der Waals surface area (Å²) in [6.45, 7) is 3.81. The van der Waals surface area contributed by atoms with Crippen LogP contribution >= 0.6 is 12.4 Å². The molecular weight excluding hydrogens is 500 g/mol. The molecule has 2 atom stereocenters. The molecule has 8 heteroatoms. The minimum atomic E-state index is 0. The van der Waals surface area contributed by atoms with Crippen LogP contribution in [-0.4, -0.2) is 42.9 Å². The minimum absolute atomic E-state index is 0. The van der Waals surface area contributed by atoms with Crippen LogP contribution in [0.5, 0.6) is 0 Å². The molecule has 0 unspecified atom stereocenters. The SMILES string of the molecule is CCCCCCCCCCCCCCCCCC(=O)N[C@H]1CCCNC(=O)C1.Cl.N[C@H]1CCCNC(=O)C1. The van der Waals surface area contributed by atoms with Gasteiger partial charge in [-0.2, -0.15) is 0 Å². The van der Waals surface area contributed by atoms with Crippen molar-refractivity contribution in [2.75, 3.05) is 13.1 Å². The van der Waals surface area contributed by atoms with E-state index in [4.69, 9.17) is 5.73 Å². The predicted molar refractivity (Wildman–Crippen MR) is 160 cm³/mol. The molecule has 0 radical (unpaired) electrons. The molecule has 0 spiro atoms. The van der Waals surface area contributed by atoms with Crippen LogP contribution in [0, 0.1) is 0 Å². The van der Waals surface area contributed by atoms with Crippen LogP contribution in [0.1, 0.15) is 148 Å². The van der Waals surface area contributed by atoms with Crippen LogP contribution in [0.25, 0.3) is 0 Å². The average molecular weight is 559 g/mol. The zero-order valence-electron chi connectivity index (χ0n) is 24.3. The smallest absolute Gasteiger partial charge is 0.222 e. The summed E-state index contributed by atoms with van der Waals surface area (Å²) in [6, 6.07) is 0.124. The Balaban J connectivity index is 0.00000115. The molecule has 0 saturated carbocycles. The van der Waals surface area contributed by atoms with Gasteiger partial charge in [0.1, 0.15) is 0 Å². The Morgan fingerprint density at radius 2 is 1.18 bits per heavy atom. The fourth-order valence-electron chi connectivity index (χ4n) is 5.06. The number of unbranched alkanes of at least 4 members (excludes halogenated alkanes) is 14. The summed E-state index contributed by atoms with van der Waals surface area (Å²) in [4.78, 5) is 34.2. The van der Waals surface area contributed by atoms with Gasteiger partial charge in [-0.15, -0.1) is 12.4 Å². The van der Waals surface area contributed by atoms with Crippen molar-refractivity contribution < 1.29 is 14.4 Å². The van der Waals surface area contributed by atoms with Crippen LogP contribution in [-0.2, 0) is 14.4 Å². The molecule has 224 valence electrons. The second-order valence-corrected chi connectivity index (χ2v) is 11.1. The lowest BCUT2D eigenvalue weighted by Crippen LogP contribution is -2.36. The number of hydrogen-bond acceptors (Lipinski definition) is 4. The van der Waals surface area contributed by atoms with Crippen molar-refractivity contribution >= 4 is 30.1 Å². The molecular formula is C30H59ClN4O3. The summed E-state index contributed by atoms with van der Waals surface area (Å²) in [5.74, 6) is 0.282. The normalized spacial score (nSPS) is 19.5. The topological polar surface area (TPSA) is 113 Å². The third kappa shape index (κ3) is 22.6. The van der Waals surface area contributed by atoms with Crippen molar-refractivity contribution in [3.63, 3.8) is 0 Å². The average Bonchev–Trinajstić information content (AvgIpc) is 3.19. The lowest BCUT2D eigenvalue weighted by molar-refractivity contribution is -0.123. The van der Waals surface area contributed by atoms with Crippen LogP contribution in [0.15, 0.2) is 0 Å². The van der Waals surface area contributed by atoms with Crippen LogP contribution in [0.3, 0.4) is 0 Å². The maximum atomic E-state index is 12.0. The Bertz CT molecular complexity index is 606. The summed E-state index contributed by atoms with van der Waals surface area (Å²) < 4.78 is 0. The molecule has 2 heterocycles. The van der Waals surface area contributed by atoms with Gasteiger partial charge in [-0.05, 0) is 32.1 Å². The molecule has 2 rings (SSSR count). The highest BCUT2D eigenvalue weighted by atomic mass is 35.5. The lowest BCUT2D eigenvalue weighted by atomic mass is 10.0. The molecule has 2 aliphatic rings. The first-order chi connectivity index (χ1) is 18.0. The summed E-state index contributed by atoms with van der Waals surface area (Å²) in [6.07, 6.45) is 25.5. The highest BCUT2D eigenvalue weighted by Gasteiger charge is 2.18. The van der Waals surface area contributed by atoms with Gasteiger partial charge >= 0.3 is 0 Å². The van der Waals surface area contributed by atoms with E-state index < -0.39 is 0 Å². The number of nitrogens with one attached hydrogen (secondary N) is 3. The fraction of sp³-hybridized carbons (Fsp3) is 0.900. The number of hydrogen-bond donors (Lipinski definition) is 4. The number of nitrogens with two attached hydrogens (primary N) is 1. The van der Waals surface area contributed by atoms with Gasteiger partial charge in [0.05, 0.1) is 0 Å². The number of amides is 3. The Morgan fingerprint density at radius 3 is 1.71 bits per heavy atom. The van der Waals surface area contributed by atoms with Crippen molar-refractivity contribution in [1.29, 1.82) is 0 Å². The Labute approximate surface area is 239 Å². The van der Waals surface area contributed by atoms with E-state index in [9.17, 15) is 14.4 Å². The van der Waals surface area contributed by atoms with Gasteiger partial charge in [-0.3, -0.25) is 14.4 Å². The van der Waals surface area contributed by atoms with E-state index in [0.717, 1.165) is 51.6 Å². The van der Waals surface area contributed by atoms with Gasteiger partial charge < -0.3 is 21.7 Å². The van der Waals surface area contributed by atoms with E-state index in [-0.39, 0.29) is 42.2 Å². The second-order valence-electron chi connectivity index (χ2n) is 11.1. The molecule has 3 amide bonds. The zero-order valence-corrected chi connectivity index (χ0v) is 25.2. The number of carbonyl (C=O) groups excluding carboxylic acids is 3. The summed E-state index contributed by atoms with van der Waals surface area (Å²) in [7, 11) is 0. The van der Waals surface area contributed by atoms with Gasteiger partial charge in [-0.1, -0.05) is 96.8 Å². The van der Waals surface area contributed by atoms with Crippen molar-refractivity contribution in [1.82, 2.24) is 16.0 Å². The lowest BCUT2D eigenvalue weighted by Gasteiger charge is -2.15. The molecule has 5 N–H and O–H groups in total. The van der Waals surface area contributed by atoms with Crippen LogP contribution in [0.4, 0.5) is 0 Å². The van der Waals surface area contributed by atoms with E-state index >= 15 is 0 Å². The second kappa shape index (κ2) is 25.9. The largest absolute Gasteiger partial charge is 0.356 e. The molecule has 2 saturated heterocycles. The van der Waals surface area contributed by atoms with Crippen molar-refractivity contribution in [3.05, 3.63) is 0 Å². The Hall–Kier alpha value is -1.34. The van der Waals surface area contributed by atoms with Crippen molar-refractivity contribution in [2.24, 2.45) is 5.73 Å². The first-order valence-corrected chi connectivity index (χ1v) is 15.6. The first kappa shape index (κ1) is 36.7. The van der Waals surface area contributed by atoms with E-state index in [1.54, 1.807) is 0 Å². The third-order valence-corrected chi connectivity index (χ3v) is 7.38. The Kier molecular flexibility index (Phi) is 25.0. The van der Waals surface area contributed by atoms with E-state index in [0.29, 0.717) is 19.3 Å². The predicted octanol–water partition coefficient (Wildman–Crippen LogP) is 6.07. The molecule has 0 aromatic rings. The van der Waals surface area contributed by atoms with E-state index in [1.165, 1.54) is 83.5 Å². The first-order valence-electron chi connectivity index (χ1n) is 15.6. The van der Waals surface area contributed by atoms with Crippen molar-refractivity contribution in [2.45, 2.75) is 160 Å². The zero-order chi connectivity index (χ0) is 27.0. The maximum absolute atomic E-state index is 12.0. The molecule has 38 heavy (non-hydrogen) atoms. The van der Waals surface area contributed by atoms with Crippen molar-refractivity contribution in [3.8, 4) is 0 Å². The fourth-order valence-corrected chi connectivity index (χ4v) is 5.06. The summed E-state index contributed by atoms with van der Waals surface area (Å²) >= 11 is 0. The number of rotatable bonds is 17. The number of carbonyl (C=O) groups is 3. The van der Waals surface area contributed by atoms with Gasteiger partial charge in [0.2, 0.25) is 17.7 Å². The minimum Gasteiger partial charge on any atom is -0.356 e. The maximum Gasteiger partial charge on any atom is 0.222 e. The van der Waals surface area contributed by atoms with E-state index in [1.807, 2.05) is 0 Å². The standard InChI is InChI=1S/C24H46N2O2.C6H12N2O.ClH/c1-2-3-4-5-6-7-8-9-10-11-12-13-14-15-16-19-23(27)26-22-18-17-20-25-24(28)21-22;7-5-2-1-3-8-6(9)4-5;/h22H,2-21H2,1H3,(H,25,28)(H,26,27);5H,1-4,7H2,(H,8,9);1H/t22-;5-;/m00./s1. The van der Waals surface area contributed by atoms with Crippen LogP contribution < -0.4 is 21.7 Å². The molecule has 2 fully saturated rings. The molecule has 7 nitrogen and oxygen atoms in total. The monoisotopic (exact) mass is 558 g/mol. The highest BCUT2D eigenvalue weighted by Crippen LogP contribution is 2.14. The molecule has 0 aliphatic carbocycles. The highest BCUT2D eigenvalue weighted by molar-refractivity contribution is 5.85. The Morgan fingerprint density at radius 1 is 0.737 bits per heavy atom. The van der Waals surface area contributed by atoms with Crippen LogP contribution in [0.2, 0.25) is 0 Å². The number of halogens is 1. The van der Waals surface area contributed by atoms with Gasteiger partial charge in [0, 0.05) is 44.4 Å². The summed E-state index contributed by atoms with van der Waals surface area (Å²) in [5.41, 5.74) is 5.56.